The number of fused-ring (bicyclic) bond motifs is 9. The Morgan fingerprint density at radius 1 is 0.350 bits per heavy atom. The lowest BCUT2D eigenvalue weighted by molar-refractivity contribution is 1.19. The lowest BCUT2D eigenvalue weighted by atomic mass is 9.33. The van der Waals surface area contributed by atoms with Gasteiger partial charge in [0.15, 0.2) is 0 Å². The molecule has 1 aliphatic heterocycles. The van der Waals surface area contributed by atoms with Gasteiger partial charge >= 0.3 is 0 Å². The Kier molecular flexibility index (Phi) is 8.78. The van der Waals surface area contributed by atoms with Crippen LogP contribution in [0.15, 0.2) is 218 Å². The number of benzene rings is 10. The molecule has 0 saturated carbocycles. The maximum absolute atomic E-state index is 2.59. The Bertz CT molecular complexity index is 3310. The highest BCUT2D eigenvalue weighted by Gasteiger charge is 2.38. The highest BCUT2D eigenvalue weighted by Crippen LogP contribution is 2.42. The molecule has 0 N–H and O–H groups in total. The van der Waals surface area contributed by atoms with Crippen molar-refractivity contribution >= 4 is 66.5 Å². The van der Waals surface area contributed by atoms with Gasteiger partial charge in [0.2, 0.25) is 6.71 Å². The maximum atomic E-state index is 2.59. The van der Waals surface area contributed by atoms with E-state index in [2.05, 4.69) is 223 Å². The molecular formula is C58H42BN. The summed E-state index contributed by atoms with van der Waals surface area (Å²) in [6.07, 6.45) is 0. The van der Waals surface area contributed by atoms with Crippen LogP contribution in [-0.2, 0) is 0 Å². The first kappa shape index (κ1) is 35.7. The molecule has 1 aliphatic rings. The van der Waals surface area contributed by atoms with E-state index in [-0.39, 0.29) is 6.71 Å². The maximum Gasteiger partial charge on any atom is 0.248 e. The summed E-state index contributed by atoms with van der Waals surface area (Å²) in [7, 11) is 0. The molecule has 0 bridgehead atoms. The zero-order valence-corrected chi connectivity index (χ0v) is 33.8. The smallest absolute Gasteiger partial charge is 0.248 e. The molecule has 12 rings (SSSR count). The van der Waals surface area contributed by atoms with Gasteiger partial charge in [-0.1, -0.05) is 213 Å². The molecule has 1 aromatic heterocycles. The van der Waals surface area contributed by atoms with Gasteiger partial charge in [-0.3, -0.25) is 0 Å². The van der Waals surface area contributed by atoms with Crippen molar-refractivity contribution < 1.29 is 0 Å². The number of nitrogens with zero attached hydrogens (tertiary/aromatic N) is 1. The third-order valence-electron chi connectivity index (χ3n) is 12.4. The topological polar surface area (TPSA) is 4.93 Å². The van der Waals surface area contributed by atoms with Crippen molar-refractivity contribution in [2.24, 2.45) is 0 Å². The van der Waals surface area contributed by atoms with Gasteiger partial charge < -0.3 is 4.57 Å². The third kappa shape index (κ3) is 5.63. The zero-order valence-electron chi connectivity index (χ0n) is 33.8. The fraction of sp³-hybridized carbons (Fsp3) is 0.0345. The first-order valence-electron chi connectivity index (χ1n) is 21.2. The highest BCUT2D eigenvalue weighted by atomic mass is 15.0. The SMILES string of the molecule is CC.c1ccc(-c2ccc3c(c2)B(c2c(-c4ccccc4)cc(-c4ccccc4)cc2-c2ccccc2)c2cc4ccccc4c4c5c6ccccc6ccc5n-3c24)cc1. The fourth-order valence-corrected chi connectivity index (χ4v) is 9.90. The molecule has 0 saturated heterocycles. The van der Waals surface area contributed by atoms with E-state index in [9.17, 15) is 0 Å². The van der Waals surface area contributed by atoms with Crippen LogP contribution in [0.2, 0.25) is 0 Å². The predicted molar refractivity (Wildman–Crippen MR) is 260 cm³/mol. The average molecular weight is 764 g/mol. The monoisotopic (exact) mass is 763 g/mol. The van der Waals surface area contributed by atoms with E-state index >= 15 is 0 Å². The molecule has 11 aromatic rings. The molecule has 1 nitrogen and oxygen atoms in total. The quantitative estimate of drug-likeness (QED) is 0.154. The first-order chi connectivity index (χ1) is 29.8. The Labute approximate surface area is 351 Å². The number of hydrogen-bond acceptors (Lipinski definition) is 0. The second kappa shape index (κ2) is 14.8. The largest absolute Gasteiger partial charge is 0.310 e. The number of hydrogen-bond donors (Lipinski definition) is 0. The Morgan fingerprint density at radius 2 is 0.850 bits per heavy atom. The highest BCUT2D eigenvalue weighted by molar-refractivity contribution is 6.99. The lowest BCUT2D eigenvalue weighted by Crippen LogP contribution is -2.57. The Balaban J connectivity index is 0.00000201. The van der Waals surface area contributed by atoms with Crippen LogP contribution in [0.1, 0.15) is 13.8 Å². The minimum Gasteiger partial charge on any atom is -0.310 e. The Morgan fingerprint density at radius 3 is 1.45 bits per heavy atom. The molecule has 282 valence electrons. The molecule has 0 aliphatic carbocycles. The van der Waals surface area contributed by atoms with Gasteiger partial charge in [0.05, 0.1) is 11.0 Å². The van der Waals surface area contributed by atoms with E-state index in [1.807, 2.05) is 13.8 Å². The summed E-state index contributed by atoms with van der Waals surface area (Å²) in [5, 5.41) is 7.73. The van der Waals surface area contributed by atoms with Crippen LogP contribution in [0.4, 0.5) is 0 Å². The molecule has 0 fully saturated rings. The van der Waals surface area contributed by atoms with Crippen LogP contribution in [0, 0.1) is 0 Å². The minimum atomic E-state index is -0.0934. The van der Waals surface area contributed by atoms with Crippen molar-refractivity contribution in [1.29, 1.82) is 0 Å². The second-order valence-electron chi connectivity index (χ2n) is 15.6. The molecule has 0 atom stereocenters. The summed E-state index contributed by atoms with van der Waals surface area (Å²) >= 11 is 0. The summed E-state index contributed by atoms with van der Waals surface area (Å²) in [6, 6.07) is 81.0. The molecular weight excluding hydrogens is 721 g/mol. The molecule has 0 unspecified atom stereocenters. The van der Waals surface area contributed by atoms with Crippen LogP contribution in [-0.4, -0.2) is 11.3 Å². The van der Waals surface area contributed by atoms with Crippen molar-refractivity contribution in [2.75, 3.05) is 0 Å². The van der Waals surface area contributed by atoms with Gasteiger partial charge in [0, 0.05) is 16.5 Å². The van der Waals surface area contributed by atoms with Crippen LogP contribution < -0.4 is 16.4 Å². The summed E-state index contributed by atoms with van der Waals surface area (Å²) in [6.45, 7) is 3.91. The van der Waals surface area contributed by atoms with E-state index in [0.717, 1.165) is 0 Å². The van der Waals surface area contributed by atoms with E-state index in [1.165, 1.54) is 110 Å². The fourth-order valence-electron chi connectivity index (χ4n) is 9.90. The van der Waals surface area contributed by atoms with E-state index in [4.69, 9.17) is 0 Å². The van der Waals surface area contributed by atoms with Gasteiger partial charge in [-0.15, -0.1) is 0 Å². The van der Waals surface area contributed by atoms with E-state index < -0.39 is 0 Å². The average Bonchev–Trinajstić information content (AvgIpc) is 3.70. The molecule has 0 amide bonds. The number of aromatic nitrogens is 1. The van der Waals surface area contributed by atoms with Crippen LogP contribution in [0.25, 0.3) is 93.5 Å². The normalized spacial score (nSPS) is 11.8. The van der Waals surface area contributed by atoms with Crippen LogP contribution >= 0.6 is 0 Å². The number of rotatable bonds is 5. The summed E-state index contributed by atoms with van der Waals surface area (Å²) in [4.78, 5) is 0. The zero-order chi connectivity index (χ0) is 40.2. The third-order valence-corrected chi connectivity index (χ3v) is 12.4. The lowest BCUT2D eigenvalue weighted by Gasteiger charge is -2.31. The molecule has 0 radical (unpaired) electrons. The molecule has 60 heavy (non-hydrogen) atoms. The van der Waals surface area contributed by atoms with Gasteiger partial charge in [0.1, 0.15) is 0 Å². The second-order valence-corrected chi connectivity index (χ2v) is 15.6. The van der Waals surface area contributed by atoms with Crippen molar-refractivity contribution in [2.45, 2.75) is 13.8 Å². The summed E-state index contributed by atoms with van der Waals surface area (Å²) in [5.41, 5.74) is 17.5. The van der Waals surface area contributed by atoms with Crippen molar-refractivity contribution in [3.63, 3.8) is 0 Å². The van der Waals surface area contributed by atoms with Gasteiger partial charge in [-0.25, -0.2) is 0 Å². The molecule has 2 heterocycles. The van der Waals surface area contributed by atoms with Crippen molar-refractivity contribution in [1.82, 2.24) is 4.57 Å². The van der Waals surface area contributed by atoms with Crippen LogP contribution in [0.3, 0.4) is 0 Å². The van der Waals surface area contributed by atoms with Gasteiger partial charge in [-0.2, -0.15) is 0 Å². The summed E-state index contributed by atoms with van der Waals surface area (Å²) in [5.74, 6) is 0. The minimum absolute atomic E-state index is 0.0934. The molecule has 10 aromatic carbocycles. The Hall–Kier alpha value is -7.42. The van der Waals surface area contributed by atoms with Crippen molar-refractivity contribution in [3.8, 4) is 50.2 Å². The first-order valence-corrected chi connectivity index (χ1v) is 21.2. The molecule has 0 spiro atoms. The van der Waals surface area contributed by atoms with Crippen LogP contribution in [0.5, 0.6) is 0 Å². The summed E-state index contributed by atoms with van der Waals surface area (Å²) < 4.78 is 2.59. The molecule has 2 heteroatoms. The van der Waals surface area contributed by atoms with Gasteiger partial charge in [-0.05, 0) is 101 Å². The standard InChI is InChI=1S/C56H36BN.C2H6/c1-5-17-37(18-6-1)42-30-31-51-49(35-42)57(50-36-43-26-14-16-28-46(43)54-53-45-27-15-13-25-41(45)29-32-52(53)58(51)56(50)54)55-47(39-21-9-3-10-22-39)33-44(38-19-7-2-8-20-38)34-48(55)40-23-11-4-12-24-40;1-2/h1-36H;1-2H3. The van der Waals surface area contributed by atoms with Crippen molar-refractivity contribution in [3.05, 3.63) is 218 Å². The van der Waals surface area contributed by atoms with Gasteiger partial charge in [0.25, 0.3) is 0 Å². The van der Waals surface area contributed by atoms with E-state index in [1.54, 1.807) is 0 Å². The van der Waals surface area contributed by atoms with E-state index in [0.29, 0.717) is 0 Å². The predicted octanol–water partition coefficient (Wildman–Crippen LogP) is 13.6.